The smallest absolute Gasteiger partial charge is 0.328 e. The highest BCUT2D eigenvalue weighted by Gasteiger charge is 2.28. The van der Waals surface area contributed by atoms with Gasteiger partial charge in [-0.25, -0.2) is 9.18 Å². The van der Waals surface area contributed by atoms with E-state index in [0.29, 0.717) is 12.3 Å². The highest BCUT2D eigenvalue weighted by atomic mass is 19.1. The van der Waals surface area contributed by atoms with Crippen LogP contribution in [-0.4, -0.2) is 74.7 Å². The van der Waals surface area contributed by atoms with Crippen molar-refractivity contribution >= 4 is 11.9 Å². The number of benzene rings is 1. The molecule has 0 aliphatic carbocycles. The average Bonchev–Trinajstić information content (AvgIpc) is 2.72. The summed E-state index contributed by atoms with van der Waals surface area (Å²) in [5.74, 6) is -0.198. The molecule has 0 bridgehead atoms. The largest absolute Gasteiger partial charge is 0.496 e. The first kappa shape index (κ1) is 23.1. The molecule has 1 aromatic rings. The standard InChI is InChI=1S/C21H32FN3O4/c1-5-15(2)20(21(27)29-4)23-19(26)14-25-10-8-24(9-11-25)13-16-12-17(22)6-7-18(16)28-3/h6-7,12,15,20H,5,8-11,13-14H2,1-4H3,(H,23,26)/t15-,20+/m1/s1. The van der Waals surface area contributed by atoms with Gasteiger partial charge in [-0.2, -0.15) is 0 Å². The molecular weight excluding hydrogens is 377 g/mol. The topological polar surface area (TPSA) is 71.1 Å². The van der Waals surface area contributed by atoms with Crippen molar-refractivity contribution in [3.8, 4) is 5.75 Å². The number of piperazine rings is 1. The van der Waals surface area contributed by atoms with E-state index in [2.05, 4.69) is 15.1 Å². The summed E-state index contributed by atoms with van der Waals surface area (Å²) in [6, 6.07) is 3.90. The first-order valence-corrected chi connectivity index (χ1v) is 10.0. The van der Waals surface area contributed by atoms with Gasteiger partial charge in [0, 0.05) is 38.3 Å². The number of rotatable bonds is 9. The third-order valence-corrected chi connectivity index (χ3v) is 5.45. The van der Waals surface area contributed by atoms with Crippen LogP contribution in [0.3, 0.4) is 0 Å². The Hall–Kier alpha value is -2.19. The van der Waals surface area contributed by atoms with Crippen LogP contribution in [-0.2, 0) is 20.9 Å². The third kappa shape index (κ3) is 6.68. The molecule has 8 heteroatoms. The number of nitrogens with zero attached hydrogens (tertiary/aromatic N) is 2. The summed E-state index contributed by atoms with van der Waals surface area (Å²) in [5, 5.41) is 2.81. The van der Waals surface area contributed by atoms with Crippen LogP contribution >= 0.6 is 0 Å². The van der Waals surface area contributed by atoms with E-state index in [0.717, 1.165) is 38.2 Å². The number of ether oxygens (including phenoxy) is 2. The molecule has 2 rings (SSSR count). The monoisotopic (exact) mass is 409 g/mol. The van der Waals surface area contributed by atoms with Gasteiger partial charge in [-0.05, 0) is 24.1 Å². The van der Waals surface area contributed by atoms with Crippen molar-refractivity contribution in [2.24, 2.45) is 5.92 Å². The molecule has 1 N–H and O–H groups in total. The fourth-order valence-corrected chi connectivity index (χ4v) is 3.44. The SMILES string of the molecule is CC[C@@H](C)[C@H](NC(=O)CN1CCN(Cc2cc(F)ccc2OC)CC1)C(=O)OC. The van der Waals surface area contributed by atoms with Crippen LogP contribution in [0, 0.1) is 11.7 Å². The molecule has 2 atom stereocenters. The summed E-state index contributed by atoms with van der Waals surface area (Å²) in [4.78, 5) is 28.6. The van der Waals surface area contributed by atoms with Gasteiger partial charge in [0.25, 0.3) is 0 Å². The van der Waals surface area contributed by atoms with E-state index in [1.807, 2.05) is 13.8 Å². The van der Waals surface area contributed by atoms with E-state index < -0.39 is 12.0 Å². The number of halogens is 1. The van der Waals surface area contributed by atoms with Gasteiger partial charge in [-0.1, -0.05) is 20.3 Å². The maximum Gasteiger partial charge on any atom is 0.328 e. The quantitative estimate of drug-likeness (QED) is 0.626. The number of hydrogen-bond donors (Lipinski definition) is 1. The van der Waals surface area contributed by atoms with Crippen molar-refractivity contribution < 1.29 is 23.5 Å². The van der Waals surface area contributed by atoms with E-state index in [4.69, 9.17) is 9.47 Å². The van der Waals surface area contributed by atoms with Gasteiger partial charge in [-0.3, -0.25) is 14.6 Å². The molecule has 1 heterocycles. The first-order valence-electron chi connectivity index (χ1n) is 10.0. The zero-order valence-corrected chi connectivity index (χ0v) is 17.7. The molecule has 1 saturated heterocycles. The minimum Gasteiger partial charge on any atom is -0.496 e. The minimum absolute atomic E-state index is 0.00416. The summed E-state index contributed by atoms with van der Waals surface area (Å²) < 4.78 is 23.7. The highest BCUT2D eigenvalue weighted by Crippen LogP contribution is 2.21. The van der Waals surface area contributed by atoms with Crippen LogP contribution in [0.4, 0.5) is 4.39 Å². The van der Waals surface area contributed by atoms with E-state index in [-0.39, 0.29) is 24.2 Å². The Balaban J connectivity index is 1.84. The summed E-state index contributed by atoms with van der Waals surface area (Å²) in [6.07, 6.45) is 0.766. The zero-order chi connectivity index (χ0) is 21.4. The van der Waals surface area contributed by atoms with Crippen molar-refractivity contribution in [1.82, 2.24) is 15.1 Å². The summed E-state index contributed by atoms with van der Waals surface area (Å²) >= 11 is 0. The Morgan fingerprint density at radius 1 is 1.17 bits per heavy atom. The van der Waals surface area contributed by atoms with E-state index >= 15 is 0 Å². The van der Waals surface area contributed by atoms with Crippen molar-refractivity contribution in [2.75, 3.05) is 46.9 Å². The van der Waals surface area contributed by atoms with Crippen LogP contribution in [0.1, 0.15) is 25.8 Å². The Kier molecular flexibility index (Phi) is 8.85. The van der Waals surface area contributed by atoms with Gasteiger partial charge < -0.3 is 14.8 Å². The maximum atomic E-state index is 13.6. The molecule has 1 aliphatic rings. The molecule has 7 nitrogen and oxygen atoms in total. The lowest BCUT2D eigenvalue weighted by atomic mass is 9.99. The molecule has 29 heavy (non-hydrogen) atoms. The predicted octanol–water partition coefficient (Wildman–Crippen LogP) is 1.66. The van der Waals surface area contributed by atoms with Crippen LogP contribution in [0.15, 0.2) is 18.2 Å². The molecule has 1 aromatic carbocycles. The Labute approximate surface area is 172 Å². The third-order valence-electron chi connectivity index (χ3n) is 5.45. The van der Waals surface area contributed by atoms with Gasteiger partial charge >= 0.3 is 5.97 Å². The molecule has 162 valence electrons. The van der Waals surface area contributed by atoms with Crippen LogP contribution in [0.5, 0.6) is 5.75 Å². The number of hydrogen-bond acceptors (Lipinski definition) is 6. The molecule has 0 aromatic heterocycles. The lowest BCUT2D eigenvalue weighted by Crippen LogP contribution is -2.52. The number of nitrogens with one attached hydrogen (secondary N) is 1. The molecule has 1 fully saturated rings. The molecule has 0 unspecified atom stereocenters. The van der Waals surface area contributed by atoms with Crippen molar-refractivity contribution in [2.45, 2.75) is 32.9 Å². The van der Waals surface area contributed by atoms with Crippen molar-refractivity contribution in [3.63, 3.8) is 0 Å². The van der Waals surface area contributed by atoms with Gasteiger partial charge in [0.15, 0.2) is 0 Å². The van der Waals surface area contributed by atoms with Crippen molar-refractivity contribution in [1.29, 1.82) is 0 Å². The molecule has 1 aliphatic heterocycles. The summed E-state index contributed by atoms with van der Waals surface area (Å²) in [6.45, 7) is 7.69. The highest BCUT2D eigenvalue weighted by molar-refractivity contribution is 5.85. The number of esters is 1. The lowest BCUT2D eigenvalue weighted by Gasteiger charge is -2.34. The number of amides is 1. The van der Waals surface area contributed by atoms with Gasteiger partial charge in [-0.15, -0.1) is 0 Å². The predicted molar refractivity (Wildman–Crippen MR) is 108 cm³/mol. The fourth-order valence-electron chi connectivity index (χ4n) is 3.44. The second kappa shape index (κ2) is 11.1. The van der Waals surface area contributed by atoms with E-state index in [1.165, 1.54) is 19.2 Å². The van der Waals surface area contributed by atoms with Crippen LogP contribution in [0.2, 0.25) is 0 Å². The number of carbonyl (C=O) groups excluding carboxylic acids is 2. The lowest BCUT2D eigenvalue weighted by molar-refractivity contribution is -0.146. The first-order chi connectivity index (χ1) is 13.9. The number of methoxy groups -OCH3 is 2. The minimum atomic E-state index is -0.626. The second-order valence-electron chi connectivity index (χ2n) is 7.46. The Morgan fingerprint density at radius 3 is 2.41 bits per heavy atom. The van der Waals surface area contributed by atoms with E-state index in [1.54, 1.807) is 13.2 Å². The second-order valence-corrected chi connectivity index (χ2v) is 7.46. The summed E-state index contributed by atoms with van der Waals surface area (Å²) in [7, 11) is 2.91. The molecule has 0 radical (unpaired) electrons. The normalized spacial score (nSPS) is 17.4. The molecule has 0 saturated carbocycles. The summed E-state index contributed by atoms with van der Waals surface area (Å²) in [5.41, 5.74) is 0.813. The Bertz CT molecular complexity index is 693. The molecule has 1 amide bonds. The maximum absolute atomic E-state index is 13.6. The Morgan fingerprint density at radius 2 is 1.83 bits per heavy atom. The van der Waals surface area contributed by atoms with Gasteiger partial charge in [0.2, 0.25) is 5.91 Å². The number of carbonyl (C=O) groups is 2. The average molecular weight is 410 g/mol. The fraction of sp³-hybridized carbons (Fsp3) is 0.619. The molecule has 0 spiro atoms. The van der Waals surface area contributed by atoms with Crippen molar-refractivity contribution in [3.05, 3.63) is 29.6 Å². The molecular formula is C21H32FN3O4. The van der Waals surface area contributed by atoms with Gasteiger partial charge in [0.1, 0.15) is 17.6 Å². The van der Waals surface area contributed by atoms with Gasteiger partial charge in [0.05, 0.1) is 20.8 Å². The van der Waals surface area contributed by atoms with Crippen LogP contribution < -0.4 is 10.1 Å². The van der Waals surface area contributed by atoms with Crippen LogP contribution in [0.25, 0.3) is 0 Å². The zero-order valence-electron chi connectivity index (χ0n) is 17.7. The van der Waals surface area contributed by atoms with E-state index in [9.17, 15) is 14.0 Å².